The van der Waals surface area contributed by atoms with Gasteiger partial charge in [-0.3, -0.25) is 4.79 Å². The van der Waals surface area contributed by atoms with Gasteiger partial charge in [-0.05, 0) is 44.1 Å². The highest BCUT2D eigenvalue weighted by atomic mass is 28.4. The third kappa shape index (κ3) is 5.76. The van der Waals surface area contributed by atoms with E-state index in [1.54, 1.807) is 61.9 Å². The summed E-state index contributed by atoms with van der Waals surface area (Å²) in [6.07, 6.45) is 1.68. The third-order valence-corrected chi connectivity index (χ3v) is 12.0. The number of esters is 1. The predicted molar refractivity (Wildman–Crippen MR) is 146 cm³/mol. The van der Waals surface area contributed by atoms with Crippen molar-refractivity contribution in [2.45, 2.75) is 64.9 Å². The molecule has 0 N–H and O–H groups in total. The molecule has 0 aliphatic rings. The van der Waals surface area contributed by atoms with Gasteiger partial charge >= 0.3 is 5.97 Å². The second kappa shape index (κ2) is 10.9. The summed E-state index contributed by atoms with van der Waals surface area (Å²) in [4.78, 5) is 28.3. The lowest BCUT2D eigenvalue weighted by Gasteiger charge is -2.42. The Balaban J connectivity index is 1.93. The van der Waals surface area contributed by atoms with Crippen LogP contribution in [0.4, 0.5) is 4.39 Å². The summed E-state index contributed by atoms with van der Waals surface area (Å²) >= 11 is 0. The number of hydrogen-bond donors (Lipinski definition) is 0. The number of hydrogen-bond acceptors (Lipinski definition) is 6. The third-order valence-electron chi connectivity index (χ3n) is 7.54. The van der Waals surface area contributed by atoms with Crippen LogP contribution in [0.25, 0.3) is 5.52 Å². The number of aryl methyl sites for hydroxylation is 1. The van der Waals surface area contributed by atoms with Crippen LogP contribution >= 0.6 is 0 Å². The Morgan fingerprint density at radius 3 is 2.39 bits per heavy atom. The molecule has 3 aromatic rings. The summed E-state index contributed by atoms with van der Waals surface area (Å²) in [5.74, 6) is -0.881. The van der Waals surface area contributed by atoms with Gasteiger partial charge < -0.3 is 18.8 Å². The monoisotopic (exact) mass is 543 g/mol. The molecular weight excluding hydrogens is 505 g/mol. The molecule has 0 saturated heterocycles. The second-order valence-electron chi connectivity index (χ2n) is 11.2. The molecule has 0 fully saturated rings. The lowest BCUT2D eigenvalue weighted by Crippen LogP contribution is -2.59. The van der Waals surface area contributed by atoms with E-state index in [0.717, 1.165) is 0 Å². The number of pyridine rings is 1. The molecule has 0 aliphatic heterocycles. The van der Waals surface area contributed by atoms with E-state index in [1.807, 2.05) is 0 Å². The molecule has 206 valence electrons. The highest BCUT2D eigenvalue weighted by Crippen LogP contribution is 2.37. The number of aromatic nitrogens is 2. The summed E-state index contributed by atoms with van der Waals surface area (Å²) in [6.45, 7) is 13.9. The van der Waals surface area contributed by atoms with Crippen molar-refractivity contribution >= 4 is 25.7 Å². The summed E-state index contributed by atoms with van der Waals surface area (Å²) in [7, 11) is 0.633. The van der Waals surface area contributed by atoms with Crippen LogP contribution < -0.4 is 4.74 Å². The zero-order valence-electron chi connectivity index (χ0n) is 23.7. The Morgan fingerprint density at radius 2 is 1.79 bits per heavy atom. The minimum absolute atomic E-state index is 0.00628. The van der Waals surface area contributed by atoms with Crippen molar-refractivity contribution in [1.82, 2.24) is 14.5 Å². The van der Waals surface area contributed by atoms with E-state index in [9.17, 15) is 14.0 Å². The molecule has 3 rings (SSSR count). The van der Waals surface area contributed by atoms with Crippen molar-refractivity contribution < 1.29 is 27.9 Å². The second-order valence-corrected chi connectivity index (χ2v) is 16.0. The van der Waals surface area contributed by atoms with E-state index >= 15 is 0 Å². The molecule has 1 unspecified atom stereocenters. The summed E-state index contributed by atoms with van der Waals surface area (Å²) in [5.41, 5.74) is 0.365. The quantitative estimate of drug-likeness (QED) is 0.266. The summed E-state index contributed by atoms with van der Waals surface area (Å²) in [6, 6.07) is 9.77. The van der Waals surface area contributed by atoms with Gasteiger partial charge in [-0.25, -0.2) is 13.7 Å². The Labute approximate surface area is 224 Å². The SMILES string of the molecule is COC(=O)C(C)(CO[Si](C)(C)C(C)(C)C)N(C)C(=O)c1c(C)nn2ccc(OCc3ccccc3F)cc12. The Bertz CT molecular complexity index is 1330. The number of carbonyl (C=O) groups excluding carboxylic acids is 2. The lowest BCUT2D eigenvalue weighted by molar-refractivity contribution is -0.154. The lowest BCUT2D eigenvalue weighted by atomic mass is 10.00. The van der Waals surface area contributed by atoms with Gasteiger partial charge in [-0.15, -0.1) is 0 Å². The van der Waals surface area contributed by atoms with Crippen molar-refractivity contribution in [3.63, 3.8) is 0 Å². The molecule has 1 amide bonds. The maximum atomic E-state index is 14.0. The zero-order valence-corrected chi connectivity index (χ0v) is 24.7. The molecule has 0 spiro atoms. The summed E-state index contributed by atoms with van der Waals surface area (Å²) < 4.78 is 32.9. The van der Waals surface area contributed by atoms with E-state index in [1.165, 1.54) is 18.1 Å². The molecule has 10 heteroatoms. The number of fused-ring (bicyclic) bond motifs is 1. The Morgan fingerprint density at radius 1 is 1.13 bits per heavy atom. The first-order chi connectivity index (χ1) is 17.6. The molecule has 38 heavy (non-hydrogen) atoms. The molecule has 2 aromatic heterocycles. The minimum atomic E-state index is -2.23. The van der Waals surface area contributed by atoms with Gasteiger partial charge in [-0.1, -0.05) is 39.0 Å². The molecule has 1 atom stereocenters. The molecule has 2 heterocycles. The van der Waals surface area contributed by atoms with E-state index in [0.29, 0.717) is 28.1 Å². The van der Waals surface area contributed by atoms with Crippen molar-refractivity contribution in [3.05, 3.63) is 65.2 Å². The predicted octanol–water partition coefficient (Wildman–Crippen LogP) is 5.39. The Hall–Kier alpha value is -3.24. The minimum Gasteiger partial charge on any atom is -0.489 e. The van der Waals surface area contributed by atoms with E-state index in [2.05, 4.69) is 39.0 Å². The van der Waals surface area contributed by atoms with Crippen LogP contribution in [0.5, 0.6) is 5.75 Å². The fraction of sp³-hybridized carbons (Fsp3) is 0.464. The van der Waals surface area contributed by atoms with Gasteiger partial charge in [-0.2, -0.15) is 5.10 Å². The van der Waals surface area contributed by atoms with Crippen molar-refractivity contribution in [2.75, 3.05) is 20.8 Å². The first kappa shape index (κ1) is 29.3. The molecule has 0 aliphatic carbocycles. The topological polar surface area (TPSA) is 82.4 Å². The maximum absolute atomic E-state index is 14.0. The van der Waals surface area contributed by atoms with Gasteiger partial charge in [0.05, 0.1) is 30.5 Å². The van der Waals surface area contributed by atoms with Crippen molar-refractivity contribution in [1.29, 1.82) is 0 Å². The summed E-state index contributed by atoms with van der Waals surface area (Å²) in [5, 5.41) is 4.39. The van der Waals surface area contributed by atoms with Gasteiger partial charge in [0.2, 0.25) is 0 Å². The van der Waals surface area contributed by atoms with Crippen molar-refractivity contribution in [2.24, 2.45) is 0 Å². The smallest absolute Gasteiger partial charge is 0.333 e. The van der Waals surface area contributed by atoms with Gasteiger partial charge in [0.25, 0.3) is 5.91 Å². The first-order valence-electron chi connectivity index (χ1n) is 12.5. The van der Waals surface area contributed by atoms with Crippen molar-refractivity contribution in [3.8, 4) is 5.75 Å². The van der Waals surface area contributed by atoms with E-state index < -0.39 is 25.7 Å². The molecule has 1 aromatic carbocycles. The molecule has 0 saturated carbocycles. The van der Waals surface area contributed by atoms with Crippen LogP contribution in [-0.2, 0) is 20.6 Å². The normalized spacial score (nSPS) is 13.7. The fourth-order valence-corrected chi connectivity index (χ4v) is 4.79. The zero-order chi connectivity index (χ0) is 28.5. The molecular formula is C28H38FN3O5Si. The number of methoxy groups -OCH3 is 1. The highest BCUT2D eigenvalue weighted by Gasteiger charge is 2.46. The highest BCUT2D eigenvalue weighted by molar-refractivity contribution is 6.74. The van der Waals surface area contributed by atoms with Crippen LogP contribution in [0.3, 0.4) is 0 Å². The van der Waals surface area contributed by atoms with Crippen LogP contribution in [-0.4, -0.2) is 61.0 Å². The number of halogens is 1. The number of carbonyl (C=O) groups is 2. The van der Waals surface area contributed by atoms with E-state index in [-0.39, 0.29) is 24.1 Å². The Kier molecular flexibility index (Phi) is 8.38. The number of likely N-dealkylation sites (N-methyl/N-ethyl adjacent to an activating group) is 1. The van der Waals surface area contributed by atoms with Crippen LogP contribution in [0.2, 0.25) is 18.1 Å². The average Bonchev–Trinajstić information content (AvgIpc) is 3.19. The first-order valence-corrected chi connectivity index (χ1v) is 15.4. The van der Waals surface area contributed by atoms with Gasteiger partial charge in [0, 0.05) is 24.9 Å². The number of ether oxygens (including phenoxy) is 2. The number of amides is 1. The van der Waals surface area contributed by atoms with Crippen LogP contribution in [0.1, 0.15) is 49.3 Å². The standard InChI is InChI=1S/C28H38FN3O5Si/c1-19-24(23-16-21(14-15-32(23)30-19)36-17-20-12-10-11-13-22(20)29)25(33)31(6)28(5,26(34)35-7)18-37-38(8,9)27(2,3)4/h10-16H,17-18H2,1-9H3. The largest absolute Gasteiger partial charge is 0.489 e. The number of rotatable bonds is 9. The number of benzene rings is 1. The molecule has 8 nitrogen and oxygen atoms in total. The van der Waals surface area contributed by atoms with E-state index in [4.69, 9.17) is 13.9 Å². The fourth-order valence-electron chi connectivity index (χ4n) is 3.72. The maximum Gasteiger partial charge on any atom is 0.333 e. The molecule has 0 bridgehead atoms. The van der Waals surface area contributed by atoms with Gasteiger partial charge in [0.1, 0.15) is 18.2 Å². The van der Waals surface area contributed by atoms with Gasteiger partial charge in [0.15, 0.2) is 13.9 Å². The van der Waals surface area contributed by atoms with Crippen LogP contribution in [0, 0.1) is 12.7 Å². The van der Waals surface area contributed by atoms with Crippen LogP contribution in [0.15, 0.2) is 42.6 Å². The molecule has 0 radical (unpaired) electrons. The average molecular weight is 544 g/mol. The number of nitrogens with zero attached hydrogens (tertiary/aromatic N) is 3.